The van der Waals surface area contributed by atoms with Crippen molar-refractivity contribution in [1.82, 2.24) is 4.90 Å². The second-order valence-electron chi connectivity index (χ2n) is 6.30. The number of carbonyl (C=O) groups is 2. The Bertz CT molecular complexity index is 564. The molecule has 1 aliphatic carbocycles. The second-order valence-corrected chi connectivity index (χ2v) is 6.30. The maximum Gasteiger partial charge on any atom is 0.254 e. The third-order valence-corrected chi connectivity index (χ3v) is 4.75. The number of hydrogen-bond donors (Lipinski definition) is 0. The highest BCUT2D eigenvalue weighted by Crippen LogP contribution is 2.42. The number of amides is 1. The van der Waals surface area contributed by atoms with Gasteiger partial charge in [0, 0.05) is 18.5 Å². The van der Waals surface area contributed by atoms with Gasteiger partial charge in [0.05, 0.1) is 6.04 Å². The molecule has 0 saturated heterocycles. The summed E-state index contributed by atoms with van der Waals surface area (Å²) in [7, 11) is 0. The molecule has 1 aromatic rings. The van der Waals surface area contributed by atoms with Crippen molar-refractivity contribution in [3.8, 4) is 0 Å². The molecule has 2 aliphatic rings. The fraction of sp³-hybridized carbons (Fsp3) is 0.556. The van der Waals surface area contributed by atoms with Crippen LogP contribution in [0.25, 0.3) is 0 Å². The lowest BCUT2D eigenvalue weighted by Crippen LogP contribution is -2.30. The van der Waals surface area contributed by atoms with Gasteiger partial charge < -0.3 is 9.69 Å². The summed E-state index contributed by atoms with van der Waals surface area (Å²) in [4.78, 5) is 25.6. The van der Waals surface area contributed by atoms with Gasteiger partial charge >= 0.3 is 0 Å². The standard InChI is InChI=1S/C18H23NO2/c1-13(20)7-3-2-4-12-19-16-11-6-9-14-8-5-10-15(17(14)16)18(19)21/h5,8,10,16H,2-4,6-7,9,11-12H2,1H3. The van der Waals surface area contributed by atoms with Gasteiger partial charge in [-0.15, -0.1) is 0 Å². The first kappa shape index (κ1) is 14.3. The first-order chi connectivity index (χ1) is 10.2. The van der Waals surface area contributed by atoms with Crippen LogP contribution in [-0.2, 0) is 11.2 Å². The fourth-order valence-electron chi connectivity index (χ4n) is 3.74. The Morgan fingerprint density at radius 2 is 2.14 bits per heavy atom. The van der Waals surface area contributed by atoms with Gasteiger partial charge in [-0.2, -0.15) is 0 Å². The molecule has 1 atom stereocenters. The lowest BCUT2D eigenvalue weighted by atomic mass is 9.87. The van der Waals surface area contributed by atoms with Gasteiger partial charge in [-0.05, 0) is 56.2 Å². The SMILES string of the molecule is CC(=O)CCCCCN1C(=O)c2cccc3c2C1CCC3. The summed E-state index contributed by atoms with van der Waals surface area (Å²) in [6.07, 6.45) is 7.03. The van der Waals surface area contributed by atoms with E-state index in [9.17, 15) is 9.59 Å². The molecule has 0 fully saturated rings. The molecule has 1 heterocycles. The zero-order valence-corrected chi connectivity index (χ0v) is 12.7. The summed E-state index contributed by atoms with van der Waals surface area (Å²) in [5.41, 5.74) is 3.61. The van der Waals surface area contributed by atoms with Gasteiger partial charge in [-0.1, -0.05) is 18.6 Å². The van der Waals surface area contributed by atoms with Crippen LogP contribution in [0.5, 0.6) is 0 Å². The van der Waals surface area contributed by atoms with Gasteiger partial charge in [-0.3, -0.25) is 4.79 Å². The third kappa shape index (κ3) is 2.74. The van der Waals surface area contributed by atoms with E-state index in [1.54, 1.807) is 6.92 Å². The lowest BCUT2D eigenvalue weighted by Gasteiger charge is -2.29. The maximum absolute atomic E-state index is 12.6. The Morgan fingerprint density at radius 3 is 2.95 bits per heavy atom. The van der Waals surface area contributed by atoms with Gasteiger partial charge in [0.2, 0.25) is 0 Å². The summed E-state index contributed by atoms with van der Waals surface area (Å²) in [6, 6.07) is 6.49. The number of aryl methyl sites for hydroxylation is 1. The fourth-order valence-corrected chi connectivity index (χ4v) is 3.74. The molecule has 1 aromatic carbocycles. The Hall–Kier alpha value is -1.64. The summed E-state index contributed by atoms with van der Waals surface area (Å²) in [6.45, 7) is 2.47. The van der Waals surface area contributed by atoms with Crippen molar-refractivity contribution in [3.63, 3.8) is 0 Å². The highest BCUT2D eigenvalue weighted by atomic mass is 16.2. The van der Waals surface area contributed by atoms with E-state index in [1.165, 1.54) is 17.5 Å². The van der Waals surface area contributed by atoms with Crippen LogP contribution in [0.4, 0.5) is 0 Å². The van der Waals surface area contributed by atoms with E-state index >= 15 is 0 Å². The Morgan fingerprint density at radius 1 is 1.29 bits per heavy atom. The predicted molar refractivity (Wildman–Crippen MR) is 82.3 cm³/mol. The highest BCUT2D eigenvalue weighted by molar-refractivity contribution is 5.99. The lowest BCUT2D eigenvalue weighted by molar-refractivity contribution is -0.117. The molecule has 0 aromatic heterocycles. The van der Waals surface area contributed by atoms with Gasteiger partial charge in [-0.25, -0.2) is 0 Å². The molecule has 0 saturated carbocycles. The van der Waals surface area contributed by atoms with E-state index in [-0.39, 0.29) is 11.7 Å². The van der Waals surface area contributed by atoms with E-state index in [2.05, 4.69) is 11.0 Å². The minimum Gasteiger partial charge on any atom is -0.332 e. The Labute approximate surface area is 126 Å². The number of unbranched alkanes of at least 4 members (excludes halogenated alkanes) is 2. The summed E-state index contributed by atoms with van der Waals surface area (Å²) in [5, 5.41) is 0. The zero-order chi connectivity index (χ0) is 14.8. The first-order valence-corrected chi connectivity index (χ1v) is 8.10. The molecule has 1 unspecified atom stereocenters. The van der Waals surface area contributed by atoms with Crippen molar-refractivity contribution in [2.75, 3.05) is 6.54 Å². The molecule has 0 radical (unpaired) electrons. The van der Waals surface area contributed by atoms with Gasteiger partial charge in [0.25, 0.3) is 5.91 Å². The topological polar surface area (TPSA) is 37.4 Å². The summed E-state index contributed by atoms with van der Waals surface area (Å²) < 4.78 is 0. The number of benzene rings is 1. The first-order valence-electron chi connectivity index (χ1n) is 8.10. The average Bonchev–Trinajstić information content (AvgIpc) is 2.75. The van der Waals surface area contributed by atoms with Crippen LogP contribution in [0.3, 0.4) is 0 Å². The third-order valence-electron chi connectivity index (χ3n) is 4.75. The smallest absolute Gasteiger partial charge is 0.254 e. The van der Waals surface area contributed by atoms with Crippen molar-refractivity contribution in [2.45, 2.75) is 57.9 Å². The molecule has 3 rings (SSSR count). The number of ketones is 1. The minimum absolute atomic E-state index is 0.213. The van der Waals surface area contributed by atoms with E-state index < -0.39 is 0 Å². The van der Waals surface area contributed by atoms with Crippen molar-refractivity contribution in [3.05, 3.63) is 34.9 Å². The van der Waals surface area contributed by atoms with E-state index in [0.717, 1.165) is 44.2 Å². The molecular formula is C18H23NO2. The van der Waals surface area contributed by atoms with Crippen molar-refractivity contribution < 1.29 is 9.59 Å². The van der Waals surface area contributed by atoms with Crippen molar-refractivity contribution >= 4 is 11.7 Å². The number of nitrogens with zero attached hydrogens (tertiary/aromatic N) is 1. The molecule has 112 valence electrons. The van der Waals surface area contributed by atoms with Gasteiger partial charge in [0.1, 0.15) is 5.78 Å². The molecule has 1 aliphatic heterocycles. The molecular weight excluding hydrogens is 262 g/mol. The van der Waals surface area contributed by atoms with E-state index in [0.29, 0.717) is 12.5 Å². The molecule has 1 amide bonds. The summed E-state index contributed by atoms with van der Waals surface area (Å²) in [5.74, 6) is 0.474. The number of carbonyl (C=O) groups excluding carboxylic acids is 2. The molecule has 0 spiro atoms. The quantitative estimate of drug-likeness (QED) is 0.748. The molecule has 0 bridgehead atoms. The van der Waals surface area contributed by atoms with E-state index in [4.69, 9.17) is 0 Å². The van der Waals surface area contributed by atoms with Crippen molar-refractivity contribution in [2.24, 2.45) is 0 Å². The second kappa shape index (κ2) is 6.00. The van der Waals surface area contributed by atoms with Crippen LogP contribution in [0.1, 0.15) is 73.0 Å². The average molecular weight is 285 g/mol. The molecule has 3 heteroatoms. The van der Waals surface area contributed by atoms with Crippen LogP contribution < -0.4 is 0 Å². The minimum atomic E-state index is 0.213. The normalized spacial score (nSPS) is 19.8. The summed E-state index contributed by atoms with van der Waals surface area (Å²) >= 11 is 0. The van der Waals surface area contributed by atoms with Crippen LogP contribution >= 0.6 is 0 Å². The van der Waals surface area contributed by atoms with Gasteiger partial charge in [0.15, 0.2) is 0 Å². The highest BCUT2D eigenvalue weighted by Gasteiger charge is 2.38. The zero-order valence-electron chi connectivity index (χ0n) is 12.7. The van der Waals surface area contributed by atoms with Crippen LogP contribution in [0, 0.1) is 0 Å². The van der Waals surface area contributed by atoms with E-state index in [1.807, 2.05) is 12.1 Å². The Balaban J connectivity index is 1.64. The predicted octanol–water partition coefficient (Wildman–Crippen LogP) is 3.67. The molecule has 0 N–H and O–H groups in total. The Kier molecular flexibility index (Phi) is 4.09. The monoisotopic (exact) mass is 285 g/mol. The molecule has 3 nitrogen and oxygen atoms in total. The van der Waals surface area contributed by atoms with Crippen LogP contribution in [-0.4, -0.2) is 23.1 Å². The number of Topliss-reactive ketones (excluding diaryl/α,β-unsaturated/α-hetero) is 1. The number of hydrogen-bond acceptors (Lipinski definition) is 2. The van der Waals surface area contributed by atoms with Crippen LogP contribution in [0.2, 0.25) is 0 Å². The van der Waals surface area contributed by atoms with Crippen molar-refractivity contribution in [1.29, 1.82) is 0 Å². The van der Waals surface area contributed by atoms with Crippen LogP contribution in [0.15, 0.2) is 18.2 Å². The number of rotatable bonds is 6. The maximum atomic E-state index is 12.6. The largest absolute Gasteiger partial charge is 0.332 e. The molecule has 21 heavy (non-hydrogen) atoms.